The van der Waals surface area contributed by atoms with Crippen LogP contribution in [-0.4, -0.2) is 53.1 Å². The molecule has 2 amide bonds. The van der Waals surface area contributed by atoms with Gasteiger partial charge in [0.15, 0.2) is 0 Å². The lowest BCUT2D eigenvalue weighted by Gasteiger charge is -2.33. The van der Waals surface area contributed by atoms with Crippen molar-refractivity contribution in [3.63, 3.8) is 0 Å². The largest absolute Gasteiger partial charge is 0.465 e. The van der Waals surface area contributed by atoms with E-state index in [-0.39, 0.29) is 5.91 Å². The van der Waals surface area contributed by atoms with Crippen molar-refractivity contribution >= 4 is 12.0 Å². The Labute approximate surface area is 134 Å². The van der Waals surface area contributed by atoms with E-state index in [1.54, 1.807) is 4.90 Å². The highest BCUT2D eigenvalue weighted by Gasteiger charge is 2.24. The van der Waals surface area contributed by atoms with Gasteiger partial charge in [0.05, 0.1) is 0 Å². The summed E-state index contributed by atoms with van der Waals surface area (Å²) in [4.78, 5) is 26.4. The smallest absolute Gasteiger partial charge is 0.407 e. The Morgan fingerprint density at radius 3 is 1.83 bits per heavy atom. The van der Waals surface area contributed by atoms with Gasteiger partial charge in [0, 0.05) is 31.7 Å². The second-order valence-corrected chi connectivity index (χ2v) is 5.51. The van der Waals surface area contributed by atoms with Crippen LogP contribution in [0.3, 0.4) is 0 Å². The lowest BCUT2D eigenvalue weighted by molar-refractivity contribution is 0.0625. The van der Waals surface area contributed by atoms with Crippen LogP contribution in [0.4, 0.5) is 4.79 Å². The van der Waals surface area contributed by atoms with Gasteiger partial charge in [-0.15, -0.1) is 0 Å². The molecule has 0 atom stereocenters. The van der Waals surface area contributed by atoms with E-state index < -0.39 is 6.09 Å². The molecular formula is C18H18N2O3. The molecule has 1 aliphatic heterocycles. The van der Waals surface area contributed by atoms with E-state index in [9.17, 15) is 9.59 Å². The van der Waals surface area contributed by atoms with Crippen molar-refractivity contribution in [1.29, 1.82) is 0 Å². The van der Waals surface area contributed by atoms with E-state index in [1.165, 1.54) is 4.90 Å². The molecule has 1 fully saturated rings. The summed E-state index contributed by atoms with van der Waals surface area (Å²) in [5.74, 6) is -0.0466. The maximum absolute atomic E-state index is 12.5. The maximum atomic E-state index is 12.5. The van der Waals surface area contributed by atoms with E-state index in [4.69, 9.17) is 5.11 Å². The van der Waals surface area contributed by atoms with Crippen molar-refractivity contribution in [2.24, 2.45) is 0 Å². The zero-order chi connectivity index (χ0) is 16.2. The number of rotatable bonds is 2. The van der Waals surface area contributed by atoms with Gasteiger partial charge in [-0.05, 0) is 23.3 Å². The summed E-state index contributed by atoms with van der Waals surface area (Å²) in [5.41, 5.74) is 2.81. The number of carbonyl (C=O) groups excluding carboxylic acids is 1. The summed E-state index contributed by atoms with van der Waals surface area (Å²) >= 11 is 0. The molecule has 5 heteroatoms. The van der Waals surface area contributed by atoms with Crippen molar-refractivity contribution in [2.45, 2.75) is 0 Å². The van der Waals surface area contributed by atoms with Crippen LogP contribution in [0.1, 0.15) is 10.4 Å². The molecule has 3 rings (SSSR count). The van der Waals surface area contributed by atoms with Crippen LogP contribution >= 0.6 is 0 Å². The van der Waals surface area contributed by atoms with Gasteiger partial charge in [-0.2, -0.15) is 0 Å². The maximum Gasteiger partial charge on any atom is 0.407 e. The normalized spacial score (nSPS) is 14.6. The molecule has 0 spiro atoms. The third-order valence-electron chi connectivity index (χ3n) is 4.08. The van der Waals surface area contributed by atoms with Gasteiger partial charge >= 0.3 is 6.09 Å². The van der Waals surface area contributed by atoms with Gasteiger partial charge in [0.2, 0.25) is 0 Å². The van der Waals surface area contributed by atoms with Crippen LogP contribution in [-0.2, 0) is 0 Å². The van der Waals surface area contributed by atoms with Crippen molar-refractivity contribution < 1.29 is 14.7 Å². The fourth-order valence-electron chi connectivity index (χ4n) is 2.72. The van der Waals surface area contributed by atoms with Crippen molar-refractivity contribution in [2.75, 3.05) is 26.2 Å². The summed E-state index contributed by atoms with van der Waals surface area (Å²) in [5, 5.41) is 8.94. The SMILES string of the molecule is O=C(O)N1CCN(C(=O)c2ccc(-c3ccccc3)cc2)CC1. The van der Waals surface area contributed by atoms with Crippen LogP contribution in [0.2, 0.25) is 0 Å². The lowest BCUT2D eigenvalue weighted by Crippen LogP contribution is -2.50. The second-order valence-electron chi connectivity index (χ2n) is 5.51. The third kappa shape index (κ3) is 3.34. The molecule has 2 aromatic carbocycles. The van der Waals surface area contributed by atoms with Gasteiger partial charge < -0.3 is 14.9 Å². The molecule has 1 saturated heterocycles. The van der Waals surface area contributed by atoms with Crippen LogP contribution in [0.5, 0.6) is 0 Å². The third-order valence-corrected chi connectivity index (χ3v) is 4.08. The standard InChI is InChI=1S/C18H18N2O3/c21-17(19-10-12-20(13-11-19)18(22)23)16-8-6-15(7-9-16)14-4-2-1-3-5-14/h1-9H,10-13H2,(H,22,23). The summed E-state index contributed by atoms with van der Waals surface area (Å²) in [6, 6.07) is 17.5. The molecule has 0 unspecified atom stereocenters. The van der Waals surface area contributed by atoms with Crippen LogP contribution in [0.25, 0.3) is 11.1 Å². The quantitative estimate of drug-likeness (QED) is 0.928. The fraction of sp³-hybridized carbons (Fsp3) is 0.222. The van der Waals surface area contributed by atoms with Crippen LogP contribution in [0.15, 0.2) is 54.6 Å². The Balaban J connectivity index is 1.68. The van der Waals surface area contributed by atoms with E-state index in [0.29, 0.717) is 31.7 Å². The molecule has 0 aromatic heterocycles. The predicted octanol–water partition coefficient (Wildman–Crippen LogP) is 2.79. The molecule has 23 heavy (non-hydrogen) atoms. The molecule has 0 aliphatic carbocycles. The molecule has 1 heterocycles. The minimum atomic E-state index is -0.927. The van der Waals surface area contributed by atoms with E-state index >= 15 is 0 Å². The molecule has 2 aromatic rings. The first kappa shape index (κ1) is 15.1. The number of hydrogen-bond donors (Lipinski definition) is 1. The number of benzene rings is 2. The molecule has 118 valence electrons. The topological polar surface area (TPSA) is 60.9 Å². The van der Waals surface area contributed by atoms with Crippen molar-refractivity contribution in [1.82, 2.24) is 9.80 Å². The molecule has 0 saturated carbocycles. The first-order valence-corrected chi connectivity index (χ1v) is 7.58. The summed E-state index contributed by atoms with van der Waals surface area (Å²) < 4.78 is 0. The lowest BCUT2D eigenvalue weighted by atomic mass is 10.0. The number of hydrogen-bond acceptors (Lipinski definition) is 2. The molecule has 0 radical (unpaired) electrons. The van der Waals surface area contributed by atoms with Gasteiger partial charge in [0.1, 0.15) is 0 Å². The highest BCUT2D eigenvalue weighted by molar-refractivity contribution is 5.94. The highest BCUT2D eigenvalue weighted by atomic mass is 16.4. The minimum Gasteiger partial charge on any atom is -0.465 e. The van der Waals surface area contributed by atoms with Gasteiger partial charge in [0.25, 0.3) is 5.91 Å². The zero-order valence-corrected chi connectivity index (χ0v) is 12.7. The van der Waals surface area contributed by atoms with Gasteiger partial charge in [-0.3, -0.25) is 4.79 Å². The Kier molecular flexibility index (Phi) is 4.28. The Hall–Kier alpha value is -2.82. The summed E-state index contributed by atoms with van der Waals surface area (Å²) in [6.45, 7) is 1.60. The predicted molar refractivity (Wildman–Crippen MR) is 87.4 cm³/mol. The number of carbonyl (C=O) groups is 2. The Morgan fingerprint density at radius 2 is 1.26 bits per heavy atom. The first-order valence-electron chi connectivity index (χ1n) is 7.58. The van der Waals surface area contributed by atoms with Crippen LogP contribution in [0, 0.1) is 0 Å². The summed E-state index contributed by atoms with van der Waals surface area (Å²) in [7, 11) is 0. The van der Waals surface area contributed by atoms with Crippen molar-refractivity contribution in [3.05, 3.63) is 60.2 Å². The Morgan fingerprint density at radius 1 is 0.739 bits per heavy atom. The molecule has 0 bridgehead atoms. The average molecular weight is 310 g/mol. The highest BCUT2D eigenvalue weighted by Crippen LogP contribution is 2.20. The summed E-state index contributed by atoms with van der Waals surface area (Å²) in [6.07, 6.45) is -0.927. The first-order chi connectivity index (χ1) is 11.1. The second kappa shape index (κ2) is 6.52. The average Bonchev–Trinajstić information content (AvgIpc) is 2.62. The van der Waals surface area contributed by atoms with E-state index in [2.05, 4.69) is 0 Å². The molecule has 5 nitrogen and oxygen atoms in total. The number of nitrogens with zero attached hydrogens (tertiary/aromatic N) is 2. The fourth-order valence-corrected chi connectivity index (χ4v) is 2.72. The van der Waals surface area contributed by atoms with Gasteiger partial charge in [-0.25, -0.2) is 4.79 Å². The number of carboxylic acid groups (broad SMARTS) is 1. The number of amides is 2. The molecular weight excluding hydrogens is 292 g/mol. The van der Waals surface area contributed by atoms with E-state index in [0.717, 1.165) is 11.1 Å². The molecule has 1 aliphatic rings. The zero-order valence-electron chi connectivity index (χ0n) is 12.7. The Bertz CT molecular complexity index is 690. The van der Waals surface area contributed by atoms with Crippen molar-refractivity contribution in [3.8, 4) is 11.1 Å². The van der Waals surface area contributed by atoms with E-state index in [1.807, 2.05) is 54.6 Å². The monoisotopic (exact) mass is 310 g/mol. The van der Waals surface area contributed by atoms with Crippen LogP contribution < -0.4 is 0 Å². The minimum absolute atomic E-state index is 0.0466. The van der Waals surface area contributed by atoms with Gasteiger partial charge in [-0.1, -0.05) is 42.5 Å². The molecule has 1 N–H and O–H groups in total. The number of piperazine rings is 1.